The lowest BCUT2D eigenvalue weighted by Crippen LogP contribution is -2.46. The van der Waals surface area contributed by atoms with Crippen LogP contribution in [-0.2, 0) is 0 Å². The maximum Gasteiger partial charge on any atom is 0.126 e. The number of halogens is 1. The smallest absolute Gasteiger partial charge is 0.126 e. The molecule has 0 saturated carbocycles. The van der Waals surface area contributed by atoms with Crippen LogP contribution in [0.3, 0.4) is 0 Å². The fourth-order valence-corrected chi connectivity index (χ4v) is 2.75. The van der Waals surface area contributed by atoms with Crippen molar-refractivity contribution in [3.8, 4) is 0 Å². The predicted molar refractivity (Wildman–Crippen MR) is 75.8 cm³/mol. The van der Waals surface area contributed by atoms with Gasteiger partial charge in [0, 0.05) is 24.8 Å². The summed E-state index contributed by atoms with van der Waals surface area (Å²) in [5.74, 6) is -0.222. The summed E-state index contributed by atoms with van der Waals surface area (Å²) in [6.45, 7) is 6.90. The second kappa shape index (κ2) is 5.10. The summed E-state index contributed by atoms with van der Waals surface area (Å²) in [5, 5.41) is 10.2. The molecule has 0 aromatic heterocycles. The number of hydrogen-bond acceptors (Lipinski definition) is 3. The Morgan fingerprint density at radius 1 is 1.47 bits per heavy atom. The number of anilines is 1. The van der Waals surface area contributed by atoms with E-state index in [4.69, 9.17) is 5.73 Å². The lowest BCUT2D eigenvalue weighted by molar-refractivity contribution is 0.0448. The summed E-state index contributed by atoms with van der Waals surface area (Å²) in [7, 11) is 0. The van der Waals surface area contributed by atoms with Crippen LogP contribution < -0.4 is 10.6 Å². The van der Waals surface area contributed by atoms with E-state index in [0.717, 1.165) is 30.6 Å². The number of nitrogens with zero attached hydrogens (tertiary/aromatic N) is 1. The fraction of sp³-hybridized carbons (Fsp3) is 0.600. The molecule has 0 aliphatic carbocycles. The van der Waals surface area contributed by atoms with Crippen LogP contribution in [0.4, 0.5) is 10.1 Å². The lowest BCUT2D eigenvalue weighted by atomic mass is 9.93. The van der Waals surface area contributed by atoms with Crippen molar-refractivity contribution in [2.45, 2.75) is 45.3 Å². The summed E-state index contributed by atoms with van der Waals surface area (Å²) in [4.78, 5) is 2.12. The van der Waals surface area contributed by atoms with Crippen LogP contribution >= 0.6 is 0 Å². The molecule has 1 aromatic carbocycles. The number of rotatable bonds is 2. The highest BCUT2D eigenvalue weighted by molar-refractivity contribution is 5.57. The van der Waals surface area contributed by atoms with Gasteiger partial charge in [-0.3, -0.25) is 0 Å². The Kier molecular flexibility index (Phi) is 3.83. The quantitative estimate of drug-likeness (QED) is 0.864. The van der Waals surface area contributed by atoms with Crippen molar-refractivity contribution >= 4 is 5.69 Å². The Morgan fingerprint density at radius 2 is 2.16 bits per heavy atom. The molecule has 106 valence electrons. The van der Waals surface area contributed by atoms with Crippen LogP contribution in [0.25, 0.3) is 0 Å². The highest BCUT2D eigenvalue weighted by Crippen LogP contribution is 2.32. The third-order valence-electron chi connectivity index (χ3n) is 3.81. The number of benzene rings is 1. The number of piperidine rings is 1. The number of aliphatic hydroxyl groups is 1. The van der Waals surface area contributed by atoms with Crippen LogP contribution in [0.2, 0.25) is 0 Å². The maximum absolute atomic E-state index is 13.7. The van der Waals surface area contributed by atoms with E-state index in [2.05, 4.69) is 4.90 Å². The van der Waals surface area contributed by atoms with Gasteiger partial charge in [-0.25, -0.2) is 4.39 Å². The Bertz CT molecular complexity index is 471. The molecule has 4 heteroatoms. The van der Waals surface area contributed by atoms with Crippen molar-refractivity contribution < 1.29 is 9.50 Å². The van der Waals surface area contributed by atoms with Gasteiger partial charge in [0.2, 0.25) is 0 Å². The first-order valence-electron chi connectivity index (χ1n) is 6.83. The molecule has 0 bridgehead atoms. The average Bonchev–Trinajstić information content (AvgIpc) is 2.30. The number of aryl methyl sites for hydroxylation is 1. The van der Waals surface area contributed by atoms with Gasteiger partial charge in [-0.2, -0.15) is 0 Å². The zero-order chi connectivity index (χ0) is 14.2. The minimum Gasteiger partial charge on any atom is -0.388 e. The van der Waals surface area contributed by atoms with E-state index >= 15 is 0 Å². The van der Waals surface area contributed by atoms with E-state index in [0.29, 0.717) is 12.1 Å². The molecule has 1 heterocycles. The minimum atomic E-state index is -0.685. The topological polar surface area (TPSA) is 49.5 Å². The maximum atomic E-state index is 13.7. The van der Waals surface area contributed by atoms with Crippen LogP contribution in [0.15, 0.2) is 12.1 Å². The molecule has 1 aliphatic rings. The highest BCUT2D eigenvalue weighted by Gasteiger charge is 2.30. The molecule has 3 nitrogen and oxygen atoms in total. The molecule has 1 unspecified atom stereocenters. The minimum absolute atomic E-state index is 0.222. The van der Waals surface area contributed by atoms with Crippen molar-refractivity contribution in [2.24, 2.45) is 5.73 Å². The van der Waals surface area contributed by atoms with Gasteiger partial charge in [0.05, 0.1) is 5.60 Å². The standard InChI is InChI=1S/C15H23FN2O/c1-10-7-14(12(11(2)17)8-13(10)16)18-6-4-5-15(3,19)9-18/h7-8,11,19H,4-6,9,17H2,1-3H3/t11-,15?/m0/s1. The first-order chi connectivity index (χ1) is 8.80. The zero-order valence-corrected chi connectivity index (χ0v) is 11.9. The van der Waals surface area contributed by atoms with E-state index in [1.165, 1.54) is 6.07 Å². The van der Waals surface area contributed by atoms with E-state index in [9.17, 15) is 9.50 Å². The van der Waals surface area contributed by atoms with Gasteiger partial charge in [-0.15, -0.1) is 0 Å². The van der Waals surface area contributed by atoms with Crippen molar-refractivity contribution in [1.82, 2.24) is 0 Å². The van der Waals surface area contributed by atoms with E-state index < -0.39 is 5.60 Å². The molecule has 1 fully saturated rings. The Morgan fingerprint density at radius 3 is 2.74 bits per heavy atom. The highest BCUT2D eigenvalue weighted by atomic mass is 19.1. The van der Waals surface area contributed by atoms with Gasteiger partial charge in [0.15, 0.2) is 0 Å². The Hall–Kier alpha value is -1.13. The molecular weight excluding hydrogens is 243 g/mol. The molecule has 1 saturated heterocycles. The second-order valence-corrected chi connectivity index (χ2v) is 5.97. The van der Waals surface area contributed by atoms with Crippen LogP contribution in [0.1, 0.15) is 43.9 Å². The molecular formula is C15H23FN2O. The number of β-amino-alcohol motifs (C(OH)–C–C–N with tert-alkyl or cyclic N) is 1. The number of nitrogens with two attached hydrogens (primary N) is 1. The largest absolute Gasteiger partial charge is 0.388 e. The summed E-state index contributed by atoms with van der Waals surface area (Å²) in [5.41, 5.74) is 7.64. The van der Waals surface area contributed by atoms with Crippen molar-refractivity contribution in [2.75, 3.05) is 18.0 Å². The first-order valence-corrected chi connectivity index (χ1v) is 6.83. The molecule has 2 rings (SSSR count). The normalized spacial score (nSPS) is 25.5. The zero-order valence-electron chi connectivity index (χ0n) is 11.9. The lowest BCUT2D eigenvalue weighted by Gasteiger charge is -2.39. The molecule has 0 amide bonds. The van der Waals surface area contributed by atoms with Gasteiger partial charge in [-0.1, -0.05) is 0 Å². The van der Waals surface area contributed by atoms with E-state index in [1.54, 1.807) is 6.92 Å². The van der Waals surface area contributed by atoms with E-state index in [-0.39, 0.29) is 11.9 Å². The second-order valence-electron chi connectivity index (χ2n) is 5.97. The Labute approximate surface area is 114 Å². The summed E-state index contributed by atoms with van der Waals surface area (Å²) < 4.78 is 13.7. The third kappa shape index (κ3) is 3.07. The Balaban J connectivity index is 2.40. The van der Waals surface area contributed by atoms with Gasteiger partial charge in [0.25, 0.3) is 0 Å². The number of hydrogen-bond donors (Lipinski definition) is 2. The van der Waals surface area contributed by atoms with Crippen LogP contribution in [0.5, 0.6) is 0 Å². The van der Waals surface area contributed by atoms with Crippen molar-refractivity contribution in [1.29, 1.82) is 0 Å². The SMILES string of the molecule is Cc1cc(N2CCCC(C)(O)C2)c([C@H](C)N)cc1F. The molecule has 2 atom stereocenters. The average molecular weight is 266 g/mol. The van der Waals surface area contributed by atoms with Gasteiger partial charge in [-0.05, 0) is 56.9 Å². The molecule has 0 spiro atoms. The fourth-order valence-electron chi connectivity index (χ4n) is 2.75. The first kappa shape index (κ1) is 14.3. The monoisotopic (exact) mass is 266 g/mol. The van der Waals surface area contributed by atoms with Gasteiger partial charge in [0.1, 0.15) is 5.82 Å². The predicted octanol–water partition coefficient (Wildman–Crippen LogP) is 2.51. The summed E-state index contributed by atoms with van der Waals surface area (Å²) >= 11 is 0. The van der Waals surface area contributed by atoms with E-state index in [1.807, 2.05) is 19.9 Å². The summed E-state index contributed by atoms with van der Waals surface area (Å²) in [6, 6.07) is 3.14. The van der Waals surface area contributed by atoms with Gasteiger partial charge >= 0.3 is 0 Å². The molecule has 1 aromatic rings. The van der Waals surface area contributed by atoms with Crippen LogP contribution in [-0.4, -0.2) is 23.8 Å². The molecule has 1 aliphatic heterocycles. The van der Waals surface area contributed by atoms with Crippen LogP contribution in [0, 0.1) is 12.7 Å². The summed E-state index contributed by atoms with van der Waals surface area (Å²) in [6.07, 6.45) is 1.74. The van der Waals surface area contributed by atoms with Crippen molar-refractivity contribution in [3.05, 3.63) is 29.1 Å². The molecule has 19 heavy (non-hydrogen) atoms. The third-order valence-corrected chi connectivity index (χ3v) is 3.81. The van der Waals surface area contributed by atoms with Crippen molar-refractivity contribution in [3.63, 3.8) is 0 Å². The molecule has 0 radical (unpaired) electrons. The molecule has 3 N–H and O–H groups in total. The van der Waals surface area contributed by atoms with Gasteiger partial charge < -0.3 is 15.7 Å².